The number of nitrogens with two attached hydrogens (primary N) is 1. The first-order chi connectivity index (χ1) is 9.13. The molecule has 0 unspecified atom stereocenters. The van der Waals surface area contributed by atoms with Crippen molar-refractivity contribution in [3.63, 3.8) is 0 Å². The predicted molar refractivity (Wildman–Crippen MR) is 79.5 cm³/mol. The van der Waals surface area contributed by atoms with Gasteiger partial charge in [0.2, 0.25) is 5.95 Å². The van der Waals surface area contributed by atoms with Gasteiger partial charge in [-0.1, -0.05) is 44.1 Å². The van der Waals surface area contributed by atoms with E-state index in [0.29, 0.717) is 5.95 Å². The number of hydrogen-bond donors (Lipinski definition) is 2. The first kappa shape index (κ1) is 15.4. The summed E-state index contributed by atoms with van der Waals surface area (Å²) < 4.78 is 0. The van der Waals surface area contributed by atoms with Gasteiger partial charge in [0.15, 0.2) is 0 Å². The van der Waals surface area contributed by atoms with Crippen LogP contribution >= 0.6 is 0 Å². The highest BCUT2D eigenvalue weighted by Crippen LogP contribution is 2.16. The molecule has 0 spiro atoms. The summed E-state index contributed by atoms with van der Waals surface area (Å²) in [5.41, 5.74) is 7.23. The molecule has 1 aliphatic rings. The van der Waals surface area contributed by atoms with Crippen molar-refractivity contribution in [2.45, 2.75) is 45.1 Å². The van der Waals surface area contributed by atoms with Crippen molar-refractivity contribution < 1.29 is 5.11 Å². The summed E-state index contributed by atoms with van der Waals surface area (Å²) in [4.78, 5) is 7.88. The lowest BCUT2D eigenvalue weighted by atomic mass is 9.98. The molecule has 1 aromatic rings. The van der Waals surface area contributed by atoms with E-state index in [1.807, 2.05) is 19.1 Å². The van der Waals surface area contributed by atoms with Crippen LogP contribution in [0.2, 0.25) is 0 Å². The van der Waals surface area contributed by atoms with Crippen molar-refractivity contribution in [3.05, 3.63) is 36.2 Å². The summed E-state index contributed by atoms with van der Waals surface area (Å²) in [6.07, 6.45) is 13.0. The smallest absolute Gasteiger partial charge is 0.220 e. The molecule has 1 heterocycles. The van der Waals surface area contributed by atoms with E-state index < -0.39 is 0 Å². The number of rotatable bonds is 2. The molecule has 104 valence electrons. The lowest BCUT2D eigenvalue weighted by molar-refractivity contribution is 0.130. The minimum absolute atomic E-state index is 0.0359. The number of aliphatic hydroxyl groups excluding tert-OH is 1. The van der Waals surface area contributed by atoms with Crippen LogP contribution < -0.4 is 5.73 Å². The summed E-state index contributed by atoms with van der Waals surface area (Å²) in [6.45, 7) is 5.46. The first-order valence-electron chi connectivity index (χ1n) is 6.69. The van der Waals surface area contributed by atoms with Crippen LogP contribution in [0.3, 0.4) is 0 Å². The zero-order chi connectivity index (χ0) is 14.1. The second-order valence-corrected chi connectivity index (χ2v) is 4.66. The average molecular weight is 261 g/mol. The number of aliphatic hydroxyl groups is 1. The van der Waals surface area contributed by atoms with Crippen molar-refractivity contribution in [1.82, 2.24) is 9.97 Å². The fraction of sp³-hybridized carbons (Fsp3) is 0.467. The summed E-state index contributed by atoms with van der Waals surface area (Å²) >= 11 is 0. The van der Waals surface area contributed by atoms with Crippen LogP contribution in [-0.4, -0.2) is 21.2 Å². The summed E-state index contributed by atoms with van der Waals surface area (Å²) in [5, 5.41) is 8.91. The Kier molecular flexibility index (Phi) is 6.82. The maximum Gasteiger partial charge on any atom is 0.220 e. The molecular formula is C15H23N3O. The van der Waals surface area contributed by atoms with Crippen LogP contribution in [0.1, 0.15) is 43.4 Å². The van der Waals surface area contributed by atoms with E-state index in [2.05, 4.69) is 16.5 Å². The van der Waals surface area contributed by atoms with E-state index in [4.69, 9.17) is 10.8 Å². The second-order valence-electron chi connectivity index (χ2n) is 4.66. The number of nitrogens with zero attached hydrogens (tertiary/aromatic N) is 2. The lowest BCUT2D eigenvalue weighted by Crippen LogP contribution is -2.09. The lowest BCUT2D eigenvalue weighted by Gasteiger charge is -2.14. The van der Waals surface area contributed by atoms with Crippen LogP contribution in [0, 0.1) is 6.92 Å². The van der Waals surface area contributed by atoms with Gasteiger partial charge in [-0.3, -0.25) is 0 Å². The number of hydrogen-bond acceptors (Lipinski definition) is 4. The van der Waals surface area contributed by atoms with Gasteiger partial charge in [-0.15, -0.1) is 0 Å². The molecule has 4 nitrogen and oxygen atoms in total. The molecule has 0 aliphatic heterocycles. The van der Waals surface area contributed by atoms with Crippen LogP contribution in [0.25, 0.3) is 6.08 Å². The quantitative estimate of drug-likeness (QED) is 0.803. The predicted octanol–water partition coefficient (Wildman–Crippen LogP) is 2.88. The monoisotopic (exact) mass is 261 g/mol. The molecule has 4 heteroatoms. The van der Waals surface area contributed by atoms with Crippen LogP contribution in [0.5, 0.6) is 0 Å². The Morgan fingerprint density at radius 3 is 2.53 bits per heavy atom. The van der Waals surface area contributed by atoms with E-state index in [-0.39, 0.29) is 6.10 Å². The van der Waals surface area contributed by atoms with E-state index in [1.54, 1.807) is 12.3 Å². The van der Waals surface area contributed by atoms with Gasteiger partial charge in [0.1, 0.15) is 0 Å². The molecule has 1 aliphatic carbocycles. The highest BCUT2D eigenvalue weighted by molar-refractivity contribution is 5.52. The maximum atomic E-state index is 8.91. The van der Waals surface area contributed by atoms with Gasteiger partial charge in [0.25, 0.3) is 0 Å². The number of aryl methyl sites for hydroxylation is 1. The van der Waals surface area contributed by atoms with Gasteiger partial charge in [-0.25, -0.2) is 9.97 Å². The van der Waals surface area contributed by atoms with Gasteiger partial charge in [0.05, 0.1) is 11.8 Å². The fourth-order valence-electron chi connectivity index (χ4n) is 1.91. The molecule has 0 aromatic carbocycles. The molecule has 1 aromatic heterocycles. The number of nitrogen functional groups attached to an aromatic ring is 1. The zero-order valence-electron chi connectivity index (χ0n) is 11.5. The Balaban J connectivity index is 0.000000218. The Bertz CT molecular complexity index is 423. The SMILES string of the molecule is C=C/C=C\c1cnc(N)nc1C.OC1CCCCC1. The second kappa shape index (κ2) is 8.43. The Labute approximate surface area is 115 Å². The standard InChI is InChI=1S/C9H11N3.C6H12O/c1-3-4-5-8-6-11-9(10)12-7(8)2;7-6-4-2-1-3-5-6/h3-6H,1H2,2H3,(H2,10,11,12);6-7H,1-5H2/b5-4-;. The fourth-order valence-corrected chi connectivity index (χ4v) is 1.91. The van der Waals surface area contributed by atoms with Gasteiger partial charge < -0.3 is 10.8 Å². The maximum absolute atomic E-state index is 8.91. The van der Waals surface area contributed by atoms with Crippen LogP contribution in [0.4, 0.5) is 5.95 Å². The third-order valence-electron chi connectivity index (χ3n) is 3.02. The van der Waals surface area contributed by atoms with Crippen LogP contribution in [0.15, 0.2) is 24.9 Å². The highest BCUT2D eigenvalue weighted by Gasteiger charge is 2.07. The summed E-state index contributed by atoms with van der Waals surface area (Å²) in [6, 6.07) is 0. The first-order valence-corrected chi connectivity index (χ1v) is 6.69. The number of aromatic nitrogens is 2. The Hall–Kier alpha value is -1.68. The molecule has 1 fully saturated rings. The molecular weight excluding hydrogens is 238 g/mol. The van der Waals surface area contributed by atoms with Crippen LogP contribution in [-0.2, 0) is 0 Å². The molecule has 0 saturated heterocycles. The van der Waals surface area contributed by atoms with Gasteiger partial charge >= 0.3 is 0 Å². The molecule has 0 bridgehead atoms. The Morgan fingerprint density at radius 2 is 2.05 bits per heavy atom. The number of anilines is 1. The van der Waals surface area contributed by atoms with E-state index in [9.17, 15) is 0 Å². The third kappa shape index (κ3) is 6.15. The molecule has 0 atom stereocenters. The molecule has 0 radical (unpaired) electrons. The van der Waals surface area contributed by atoms with Crippen molar-refractivity contribution in [1.29, 1.82) is 0 Å². The minimum atomic E-state index is 0.0359. The molecule has 1 saturated carbocycles. The molecule has 0 amide bonds. The van der Waals surface area contributed by atoms with Gasteiger partial charge in [0, 0.05) is 11.8 Å². The van der Waals surface area contributed by atoms with Gasteiger partial charge in [-0.05, 0) is 19.8 Å². The van der Waals surface area contributed by atoms with Gasteiger partial charge in [-0.2, -0.15) is 0 Å². The topological polar surface area (TPSA) is 72.0 Å². The third-order valence-corrected chi connectivity index (χ3v) is 3.02. The molecule has 19 heavy (non-hydrogen) atoms. The molecule has 2 rings (SSSR count). The van der Waals surface area contributed by atoms with Crippen molar-refractivity contribution in [3.8, 4) is 0 Å². The minimum Gasteiger partial charge on any atom is -0.393 e. The van der Waals surface area contributed by atoms with Crippen molar-refractivity contribution >= 4 is 12.0 Å². The average Bonchev–Trinajstić information content (AvgIpc) is 2.39. The summed E-state index contributed by atoms with van der Waals surface area (Å²) in [5.74, 6) is 0.309. The van der Waals surface area contributed by atoms with Crippen molar-refractivity contribution in [2.75, 3.05) is 5.73 Å². The normalized spacial score (nSPS) is 15.9. The summed E-state index contributed by atoms with van der Waals surface area (Å²) in [7, 11) is 0. The van der Waals surface area contributed by atoms with E-state index in [1.165, 1.54) is 19.3 Å². The number of allylic oxidation sites excluding steroid dienone is 2. The Morgan fingerprint density at radius 1 is 1.37 bits per heavy atom. The molecule has 3 N–H and O–H groups in total. The van der Waals surface area contributed by atoms with E-state index in [0.717, 1.165) is 24.1 Å². The van der Waals surface area contributed by atoms with E-state index >= 15 is 0 Å². The highest BCUT2D eigenvalue weighted by atomic mass is 16.3. The van der Waals surface area contributed by atoms with Crippen molar-refractivity contribution in [2.24, 2.45) is 0 Å². The zero-order valence-corrected chi connectivity index (χ0v) is 11.5. The largest absolute Gasteiger partial charge is 0.393 e.